The van der Waals surface area contributed by atoms with Crippen LogP contribution in [0.5, 0.6) is 0 Å². The van der Waals surface area contributed by atoms with Gasteiger partial charge in [-0.05, 0) is 33.3 Å². The molecule has 0 aliphatic carbocycles. The summed E-state index contributed by atoms with van der Waals surface area (Å²) in [6.07, 6.45) is 5.88. The van der Waals surface area contributed by atoms with E-state index in [0.29, 0.717) is 0 Å². The molecule has 0 saturated carbocycles. The normalized spacial score (nSPS) is 9.56. The molecular weight excluding hydrogens is 218 g/mol. The van der Waals surface area contributed by atoms with Crippen LogP contribution in [0.15, 0.2) is 28.4 Å². The smallest absolute Gasteiger partial charge is 0.0397 e. The molecule has 112 valence electrons. The molecule has 0 unspecified atom stereocenters. The second kappa shape index (κ2) is 44.3. The molecule has 0 fully saturated rings. The lowest BCUT2D eigenvalue weighted by atomic mass is 10.2. The zero-order valence-corrected chi connectivity index (χ0v) is 15.2. The van der Waals surface area contributed by atoms with Gasteiger partial charge in [0.1, 0.15) is 0 Å². The van der Waals surface area contributed by atoms with Crippen molar-refractivity contribution in [2.45, 2.75) is 83.1 Å². The van der Waals surface area contributed by atoms with Crippen LogP contribution in [-0.4, -0.2) is 6.21 Å². The number of aliphatic imine (C=N–C) groups is 1. The predicted molar refractivity (Wildman–Crippen MR) is 92.7 cm³/mol. The molecule has 0 saturated heterocycles. The summed E-state index contributed by atoms with van der Waals surface area (Å²) >= 11 is 0. The van der Waals surface area contributed by atoms with E-state index in [1.54, 1.807) is 0 Å². The van der Waals surface area contributed by atoms with Crippen LogP contribution in [0, 0.1) is 0 Å². The van der Waals surface area contributed by atoms with Gasteiger partial charge in [0.2, 0.25) is 0 Å². The van der Waals surface area contributed by atoms with Crippen LogP contribution >= 0.6 is 0 Å². The zero-order valence-electron chi connectivity index (χ0n) is 15.2. The molecule has 0 aliphatic heterocycles. The molecule has 0 aromatic heterocycles. The summed E-state index contributed by atoms with van der Waals surface area (Å²) < 4.78 is 0. The number of allylic oxidation sites excluding steroid dienone is 4. The molecule has 0 rings (SSSR count). The number of rotatable bonds is 2. The van der Waals surface area contributed by atoms with E-state index in [1.807, 2.05) is 88.5 Å². The second-order valence-electron chi connectivity index (χ2n) is 2.16. The van der Waals surface area contributed by atoms with Gasteiger partial charge in [0.25, 0.3) is 0 Å². The summed E-state index contributed by atoms with van der Waals surface area (Å²) in [5.74, 6) is 0. The summed E-state index contributed by atoms with van der Waals surface area (Å²) in [7, 11) is 0. The first-order valence-electron chi connectivity index (χ1n) is 7.51. The van der Waals surface area contributed by atoms with Crippen LogP contribution in [0.3, 0.4) is 0 Å². The summed E-state index contributed by atoms with van der Waals surface area (Å²) in [4.78, 5) is 4.15. The van der Waals surface area contributed by atoms with Crippen LogP contribution < -0.4 is 0 Å². The average Bonchev–Trinajstić information content (AvgIpc) is 2.48. The Balaban J connectivity index is -0.0000000596. The van der Waals surface area contributed by atoms with Gasteiger partial charge in [-0.2, -0.15) is 0 Å². The predicted octanol–water partition coefficient (Wildman–Crippen LogP) is 7.05. The highest BCUT2D eigenvalue weighted by Gasteiger charge is 1.86. The molecule has 0 heterocycles. The first-order valence-corrected chi connectivity index (χ1v) is 7.51. The summed E-state index contributed by atoms with van der Waals surface area (Å²) in [5, 5.41) is 0. The van der Waals surface area contributed by atoms with Crippen molar-refractivity contribution >= 4 is 6.21 Å². The molecule has 0 spiro atoms. The maximum absolute atomic E-state index is 4.15. The largest absolute Gasteiger partial charge is 0.266 e. The van der Waals surface area contributed by atoms with Gasteiger partial charge in [-0.3, -0.25) is 4.99 Å². The van der Waals surface area contributed by atoms with Crippen LogP contribution in [0.4, 0.5) is 0 Å². The summed E-state index contributed by atoms with van der Waals surface area (Å²) in [5.41, 5.74) is 2.31. The van der Waals surface area contributed by atoms with Gasteiger partial charge in [-0.25, -0.2) is 0 Å². The van der Waals surface area contributed by atoms with Gasteiger partial charge >= 0.3 is 0 Å². The van der Waals surface area contributed by atoms with E-state index in [9.17, 15) is 0 Å². The first-order chi connectivity index (χ1) is 8.72. The van der Waals surface area contributed by atoms with Gasteiger partial charge in [0.05, 0.1) is 0 Å². The topological polar surface area (TPSA) is 12.4 Å². The van der Waals surface area contributed by atoms with Crippen LogP contribution in [-0.2, 0) is 0 Å². The Kier molecular flexibility index (Phi) is 74.5. The molecule has 0 N–H and O–H groups in total. The lowest BCUT2D eigenvalue weighted by Gasteiger charge is -1.94. The van der Waals surface area contributed by atoms with Crippen molar-refractivity contribution in [3.05, 3.63) is 23.4 Å². The SMILES string of the molecule is CC.CC.CC.CC.CC=N/C(C)=C(C)\C=C/C. The molecular formula is C17H39N. The van der Waals surface area contributed by atoms with E-state index < -0.39 is 0 Å². The molecule has 18 heavy (non-hydrogen) atoms. The Morgan fingerprint density at radius 3 is 1.28 bits per heavy atom. The third-order valence-corrected chi connectivity index (χ3v) is 1.31. The van der Waals surface area contributed by atoms with Crippen molar-refractivity contribution in [1.29, 1.82) is 0 Å². The fourth-order valence-corrected chi connectivity index (χ4v) is 0.666. The fourth-order valence-electron chi connectivity index (χ4n) is 0.666. The van der Waals surface area contributed by atoms with Gasteiger partial charge in [0.15, 0.2) is 0 Å². The van der Waals surface area contributed by atoms with E-state index in [4.69, 9.17) is 0 Å². The van der Waals surface area contributed by atoms with E-state index >= 15 is 0 Å². The minimum absolute atomic E-state index is 1.08. The van der Waals surface area contributed by atoms with E-state index in [1.165, 1.54) is 5.57 Å². The Bertz CT molecular complexity index is 154. The number of hydrogen-bond donors (Lipinski definition) is 0. The highest BCUT2D eigenvalue weighted by molar-refractivity contribution is 5.55. The Morgan fingerprint density at radius 2 is 1.06 bits per heavy atom. The van der Waals surface area contributed by atoms with Crippen LogP contribution in [0.1, 0.15) is 83.1 Å². The van der Waals surface area contributed by atoms with Crippen molar-refractivity contribution in [2.24, 2.45) is 4.99 Å². The standard InChI is InChI=1S/C9H15N.4C2H6/c1-5-7-8(3)9(4)10-6-2;4*1-2/h5-7H,1-4H3;4*1-2H3/b7-5-,9-8-,10-6?;;;;. The number of nitrogens with zero attached hydrogens (tertiary/aromatic N) is 1. The third-order valence-electron chi connectivity index (χ3n) is 1.31. The molecule has 0 aromatic rings. The van der Waals surface area contributed by atoms with Gasteiger partial charge < -0.3 is 0 Å². The Hall–Kier alpha value is -0.850. The zero-order chi connectivity index (χ0) is 16.0. The van der Waals surface area contributed by atoms with Crippen LogP contribution in [0.25, 0.3) is 0 Å². The van der Waals surface area contributed by atoms with Crippen molar-refractivity contribution in [3.63, 3.8) is 0 Å². The Labute approximate surface area is 118 Å². The minimum Gasteiger partial charge on any atom is -0.266 e. The van der Waals surface area contributed by atoms with Crippen molar-refractivity contribution in [2.75, 3.05) is 0 Å². The van der Waals surface area contributed by atoms with E-state index in [0.717, 1.165) is 5.70 Å². The first kappa shape index (κ1) is 30.3. The highest BCUT2D eigenvalue weighted by atomic mass is 14.7. The lowest BCUT2D eigenvalue weighted by molar-refractivity contribution is 1.24. The molecule has 0 aliphatic rings. The minimum atomic E-state index is 1.08. The summed E-state index contributed by atoms with van der Waals surface area (Å²) in [6.45, 7) is 24.0. The van der Waals surface area contributed by atoms with Crippen LogP contribution in [0.2, 0.25) is 0 Å². The molecule has 0 aromatic carbocycles. The highest BCUT2D eigenvalue weighted by Crippen LogP contribution is 2.04. The fraction of sp³-hybridized carbons (Fsp3) is 0.706. The third kappa shape index (κ3) is 36.2. The lowest BCUT2D eigenvalue weighted by Crippen LogP contribution is -1.75. The van der Waals surface area contributed by atoms with Gasteiger partial charge in [0, 0.05) is 11.9 Å². The quantitative estimate of drug-likeness (QED) is 0.371. The average molecular weight is 258 g/mol. The molecule has 0 bridgehead atoms. The van der Waals surface area contributed by atoms with Crippen molar-refractivity contribution < 1.29 is 0 Å². The molecule has 0 atom stereocenters. The van der Waals surface area contributed by atoms with Gasteiger partial charge in [-0.1, -0.05) is 67.5 Å². The van der Waals surface area contributed by atoms with E-state index in [-0.39, 0.29) is 0 Å². The maximum Gasteiger partial charge on any atom is 0.0397 e. The Morgan fingerprint density at radius 1 is 0.722 bits per heavy atom. The van der Waals surface area contributed by atoms with Crippen molar-refractivity contribution in [1.82, 2.24) is 0 Å². The molecule has 0 amide bonds. The van der Waals surface area contributed by atoms with Gasteiger partial charge in [-0.15, -0.1) is 0 Å². The maximum atomic E-state index is 4.15. The number of hydrogen-bond acceptors (Lipinski definition) is 1. The monoisotopic (exact) mass is 257 g/mol. The molecule has 1 heteroatoms. The summed E-state index contributed by atoms with van der Waals surface area (Å²) in [6, 6.07) is 0. The molecule has 1 nitrogen and oxygen atoms in total. The molecule has 0 radical (unpaired) electrons. The van der Waals surface area contributed by atoms with E-state index in [2.05, 4.69) is 18.0 Å². The second-order valence-corrected chi connectivity index (χ2v) is 2.16. The van der Waals surface area contributed by atoms with Crippen molar-refractivity contribution in [3.8, 4) is 0 Å².